The van der Waals surface area contributed by atoms with Crippen molar-refractivity contribution in [1.82, 2.24) is 10.6 Å². The van der Waals surface area contributed by atoms with Gasteiger partial charge in [-0.05, 0) is 32.6 Å². The lowest BCUT2D eigenvalue weighted by molar-refractivity contribution is -0.140. The van der Waals surface area contributed by atoms with Crippen molar-refractivity contribution in [2.45, 2.75) is 43.7 Å². The van der Waals surface area contributed by atoms with Gasteiger partial charge in [0.25, 0.3) is 0 Å². The zero-order valence-corrected chi connectivity index (χ0v) is 9.91. The lowest BCUT2D eigenvalue weighted by Crippen LogP contribution is -2.56. The molecule has 2 amide bonds. The van der Waals surface area contributed by atoms with E-state index in [1.165, 1.54) is 0 Å². The van der Waals surface area contributed by atoms with Crippen LogP contribution in [0.1, 0.15) is 32.6 Å². The topological polar surface area (TPSA) is 87.7 Å². The number of hydrogen-bond acceptors (Lipinski definition) is 3. The van der Waals surface area contributed by atoms with Gasteiger partial charge in [-0.15, -0.1) is 0 Å². The number of rotatable bonds is 3. The van der Waals surface area contributed by atoms with Gasteiger partial charge in [-0.1, -0.05) is 0 Å². The Kier molecular flexibility index (Phi) is 2.99. The van der Waals surface area contributed by atoms with Crippen LogP contribution in [0.5, 0.6) is 0 Å². The zero-order chi connectivity index (χ0) is 12.5. The smallest absolute Gasteiger partial charge is 0.329 e. The maximum atomic E-state index is 11.8. The monoisotopic (exact) mass is 242 g/mol. The van der Waals surface area contributed by atoms with Crippen LogP contribution < -0.4 is 10.6 Å². The molecule has 0 aromatic heterocycles. The third-order valence-electron chi connectivity index (χ3n) is 3.52. The highest BCUT2D eigenvalue weighted by molar-refractivity contribution is 5.89. The van der Waals surface area contributed by atoms with Crippen LogP contribution in [0.4, 0.5) is 4.79 Å². The Morgan fingerprint density at radius 1 is 1.12 bits per heavy atom. The summed E-state index contributed by atoms with van der Waals surface area (Å²) in [7, 11) is 0. The van der Waals surface area contributed by atoms with Crippen LogP contribution in [-0.2, 0) is 9.53 Å². The number of aliphatic carboxylic acids is 1. The average Bonchev–Trinajstić information content (AvgIpc) is 2.98. The number of ether oxygens (including phenoxy) is 1. The fourth-order valence-corrected chi connectivity index (χ4v) is 1.99. The minimum absolute atomic E-state index is 0.295. The maximum absolute atomic E-state index is 11.8. The Morgan fingerprint density at radius 3 is 2.18 bits per heavy atom. The molecule has 2 rings (SSSR count). The first-order valence-corrected chi connectivity index (χ1v) is 5.87. The minimum Gasteiger partial charge on any atom is -0.480 e. The van der Waals surface area contributed by atoms with Crippen molar-refractivity contribution in [1.29, 1.82) is 0 Å². The third-order valence-corrected chi connectivity index (χ3v) is 3.52. The Hall–Kier alpha value is -1.30. The van der Waals surface area contributed by atoms with Gasteiger partial charge in [-0.2, -0.15) is 0 Å². The molecule has 0 unspecified atom stereocenters. The quantitative estimate of drug-likeness (QED) is 0.671. The number of carboxylic acids is 1. The molecule has 1 heterocycles. The number of nitrogens with one attached hydrogen (secondary N) is 2. The van der Waals surface area contributed by atoms with E-state index < -0.39 is 17.5 Å². The van der Waals surface area contributed by atoms with E-state index in [4.69, 9.17) is 9.84 Å². The molecule has 2 aliphatic rings. The molecule has 96 valence electrons. The summed E-state index contributed by atoms with van der Waals surface area (Å²) < 4.78 is 5.23. The third kappa shape index (κ3) is 2.69. The molecule has 6 nitrogen and oxygen atoms in total. The fourth-order valence-electron chi connectivity index (χ4n) is 1.99. The first kappa shape index (κ1) is 12.2. The summed E-state index contributed by atoms with van der Waals surface area (Å²) in [5, 5.41) is 14.4. The first-order chi connectivity index (χ1) is 7.96. The molecule has 1 saturated heterocycles. The van der Waals surface area contributed by atoms with Crippen LogP contribution >= 0.6 is 0 Å². The van der Waals surface area contributed by atoms with Crippen LogP contribution in [0.2, 0.25) is 0 Å². The summed E-state index contributed by atoms with van der Waals surface area (Å²) in [5.74, 6) is -0.954. The van der Waals surface area contributed by atoms with E-state index in [1.54, 1.807) is 0 Å². The van der Waals surface area contributed by atoms with E-state index in [0.29, 0.717) is 26.1 Å². The minimum atomic E-state index is -1.02. The van der Waals surface area contributed by atoms with E-state index in [-0.39, 0.29) is 5.54 Å². The molecule has 6 heteroatoms. The molecule has 0 aromatic rings. The summed E-state index contributed by atoms with van der Waals surface area (Å²) in [4.78, 5) is 22.7. The van der Waals surface area contributed by atoms with Gasteiger partial charge in [0.1, 0.15) is 5.54 Å². The molecule has 1 saturated carbocycles. The predicted octanol–water partition coefficient (Wildman–Crippen LogP) is 0.472. The van der Waals surface area contributed by atoms with E-state index in [0.717, 1.165) is 12.8 Å². The lowest BCUT2D eigenvalue weighted by Gasteiger charge is -2.34. The van der Waals surface area contributed by atoms with Crippen molar-refractivity contribution in [3.8, 4) is 0 Å². The Balaban J connectivity index is 1.87. The number of urea groups is 1. The van der Waals surface area contributed by atoms with Gasteiger partial charge in [0.05, 0.1) is 0 Å². The second kappa shape index (κ2) is 4.18. The summed E-state index contributed by atoms with van der Waals surface area (Å²) in [5.41, 5.74) is -1.32. The molecule has 0 spiro atoms. The molecule has 0 aromatic carbocycles. The van der Waals surface area contributed by atoms with Gasteiger partial charge in [0.15, 0.2) is 0 Å². The van der Waals surface area contributed by atoms with Gasteiger partial charge >= 0.3 is 12.0 Å². The summed E-state index contributed by atoms with van der Waals surface area (Å²) in [6.45, 7) is 3.21. The van der Waals surface area contributed by atoms with Crippen molar-refractivity contribution in [3.05, 3.63) is 0 Å². The normalized spacial score (nSPS) is 24.8. The van der Waals surface area contributed by atoms with Gasteiger partial charge in [0, 0.05) is 18.8 Å². The fraction of sp³-hybridized carbons (Fsp3) is 0.818. The standard InChI is InChI=1S/C11H18N2O4/c1-10(4-6-17-7-5-10)12-9(16)13-11(2-3-11)8(14)15/h2-7H2,1H3,(H,14,15)(H2,12,13,16). The van der Waals surface area contributed by atoms with Crippen molar-refractivity contribution in [2.75, 3.05) is 13.2 Å². The van der Waals surface area contributed by atoms with Crippen LogP contribution in [0, 0.1) is 0 Å². The zero-order valence-electron chi connectivity index (χ0n) is 9.91. The highest BCUT2D eigenvalue weighted by Gasteiger charge is 2.52. The van der Waals surface area contributed by atoms with Crippen molar-refractivity contribution in [3.63, 3.8) is 0 Å². The summed E-state index contributed by atoms with van der Waals surface area (Å²) >= 11 is 0. The predicted molar refractivity (Wildman–Crippen MR) is 59.7 cm³/mol. The SMILES string of the molecule is CC1(NC(=O)NC2(C(=O)O)CC2)CCOCC1. The molecular weight excluding hydrogens is 224 g/mol. The highest BCUT2D eigenvalue weighted by Crippen LogP contribution is 2.35. The molecule has 3 N–H and O–H groups in total. The van der Waals surface area contributed by atoms with Crippen molar-refractivity contribution < 1.29 is 19.4 Å². The lowest BCUT2D eigenvalue weighted by atomic mass is 9.93. The second-order valence-electron chi connectivity index (χ2n) is 5.14. The van der Waals surface area contributed by atoms with Crippen LogP contribution in [-0.4, -0.2) is 41.4 Å². The molecule has 2 fully saturated rings. The van der Waals surface area contributed by atoms with E-state index >= 15 is 0 Å². The Morgan fingerprint density at radius 2 is 1.71 bits per heavy atom. The van der Waals surface area contributed by atoms with E-state index in [2.05, 4.69) is 10.6 Å². The summed E-state index contributed by atoms with van der Waals surface area (Å²) in [6.07, 6.45) is 2.52. The number of carbonyl (C=O) groups excluding carboxylic acids is 1. The van der Waals surface area contributed by atoms with Crippen LogP contribution in [0.15, 0.2) is 0 Å². The van der Waals surface area contributed by atoms with Crippen molar-refractivity contribution in [2.24, 2.45) is 0 Å². The van der Waals surface area contributed by atoms with Crippen LogP contribution in [0.25, 0.3) is 0 Å². The molecule has 17 heavy (non-hydrogen) atoms. The molecule has 0 bridgehead atoms. The van der Waals surface area contributed by atoms with E-state index in [1.807, 2.05) is 6.92 Å². The average molecular weight is 242 g/mol. The molecule has 1 aliphatic heterocycles. The van der Waals surface area contributed by atoms with Gasteiger partial charge < -0.3 is 20.5 Å². The maximum Gasteiger partial charge on any atom is 0.329 e. The number of hydrogen-bond donors (Lipinski definition) is 3. The first-order valence-electron chi connectivity index (χ1n) is 5.87. The van der Waals surface area contributed by atoms with Crippen LogP contribution in [0.3, 0.4) is 0 Å². The van der Waals surface area contributed by atoms with E-state index in [9.17, 15) is 9.59 Å². The molecular formula is C11H18N2O4. The largest absolute Gasteiger partial charge is 0.480 e. The molecule has 0 atom stereocenters. The second-order valence-corrected chi connectivity index (χ2v) is 5.14. The van der Waals surface area contributed by atoms with Gasteiger partial charge in [-0.3, -0.25) is 0 Å². The number of carboxylic acid groups (broad SMARTS) is 1. The number of carbonyl (C=O) groups is 2. The highest BCUT2D eigenvalue weighted by atomic mass is 16.5. The Bertz CT molecular complexity index is 332. The van der Waals surface area contributed by atoms with Crippen molar-refractivity contribution >= 4 is 12.0 Å². The molecule has 0 radical (unpaired) electrons. The number of amides is 2. The molecule has 1 aliphatic carbocycles. The van der Waals surface area contributed by atoms with Gasteiger partial charge in [-0.25, -0.2) is 9.59 Å². The summed E-state index contributed by atoms with van der Waals surface area (Å²) in [6, 6.07) is -0.394. The Labute approximate surface area is 99.7 Å². The van der Waals surface area contributed by atoms with Gasteiger partial charge in [0.2, 0.25) is 0 Å².